The van der Waals surface area contributed by atoms with Gasteiger partial charge in [-0.25, -0.2) is 9.59 Å². The highest BCUT2D eigenvalue weighted by Gasteiger charge is 2.39. The standard InChI is InChI=1S/C18H20N2O5/c1-17(2)9-20-14(21)11-6-5-10(7-13(11)17)19-8-12-15(22)24-18(3,4)25-16(12)23/h5-8,19H,9H2,1-4H3,(H,20,21). The molecule has 7 heteroatoms. The molecule has 2 aliphatic rings. The van der Waals surface area contributed by atoms with Gasteiger partial charge in [-0.3, -0.25) is 4.79 Å². The van der Waals surface area contributed by atoms with Gasteiger partial charge in [0, 0.05) is 43.3 Å². The van der Waals surface area contributed by atoms with Crippen LogP contribution in [0, 0.1) is 0 Å². The molecule has 0 bridgehead atoms. The van der Waals surface area contributed by atoms with Gasteiger partial charge in [-0.2, -0.15) is 0 Å². The summed E-state index contributed by atoms with van der Waals surface area (Å²) < 4.78 is 10.1. The van der Waals surface area contributed by atoms with Gasteiger partial charge in [0.2, 0.25) is 0 Å². The second-order valence-corrected chi connectivity index (χ2v) is 7.21. The minimum atomic E-state index is -1.27. The zero-order valence-corrected chi connectivity index (χ0v) is 14.6. The van der Waals surface area contributed by atoms with Gasteiger partial charge in [0.15, 0.2) is 5.57 Å². The maximum Gasteiger partial charge on any atom is 0.350 e. The molecule has 1 fully saturated rings. The summed E-state index contributed by atoms with van der Waals surface area (Å²) in [5.41, 5.74) is 1.73. The molecule has 0 spiro atoms. The number of anilines is 1. The van der Waals surface area contributed by atoms with E-state index < -0.39 is 17.7 Å². The number of hydrogen-bond acceptors (Lipinski definition) is 6. The van der Waals surface area contributed by atoms with Crippen LogP contribution < -0.4 is 10.6 Å². The largest absolute Gasteiger partial charge is 0.419 e. The Morgan fingerprint density at radius 2 is 1.72 bits per heavy atom. The van der Waals surface area contributed by atoms with E-state index >= 15 is 0 Å². The normalized spacial score (nSPS) is 20.8. The minimum Gasteiger partial charge on any atom is -0.419 e. The van der Waals surface area contributed by atoms with Crippen LogP contribution in [0.2, 0.25) is 0 Å². The van der Waals surface area contributed by atoms with Crippen molar-refractivity contribution in [1.29, 1.82) is 0 Å². The molecule has 0 radical (unpaired) electrons. The van der Waals surface area contributed by atoms with Gasteiger partial charge < -0.3 is 20.1 Å². The highest BCUT2D eigenvalue weighted by Crippen LogP contribution is 2.32. The van der Waals surface area contributed by atoms with Gasteiger partial charge in [0.1, 0.15) is 0 Å². The number of carbonyl (C=O) groups is 3. The van der Waals surface area contributed by atoms with Crippen LogP contribution in [0.4, 0.5) is 5.69 Å². The van der Waals surface area contributed by atoms with Gasteiger partial charge in [0.05, 0.1) is 0 Å². The Morgan fingerprint density at radius 3 is 2.36 bits per heavy atom. The topological polar surface area (TPSA) is 93.7 Å². The summed E-state index contributed by atoms with van der Waals surface area (Å²) in [4.78, 5) is 35.8. The SMILES string of the molecule is CC1(C)OC(=O)C(=CNc2ccc3c(c2)C(C)(C)CNC3=O)C(=O)O1. The van der Waals surface area contributed by atoms with Gasteiger partial charge >= 0.3 is 11.9 Å². The van der Waals surface area contributed by atoms with E-state index in [1.54, 1.807) is 12.1 Å². The van der Waals surface area contributed by atoms with Crippen LogP contribution in [-0.2, 0) is 24.5 Å². The van der Waals surface area contributed by atoms with Crippen molar-refractivity contribution < 1.29 is 23.9 Å². The van der Waals surface area contributed by atoms with Crippen LogP contribution >= 0.6 is 0 Å². The van der Waals surface area contributed by atoms with Crippen LogP contribution in [0.15, 0.2) is 30.0 Å². The van der Waals surface area contributed by atoms with Crippen molar-refractivity contribution >= 4 is 23.5 Å². The van der Waals surface area contributed by atoms with E-state index in [-0.39, 0.29) is 16.9 Å². The van der Waals surface area contributed by atoms with Gasteiger partial charge in [-0.1, -0.05) is 13.8 Å². The lowest BCUT2D eigenvalue weighted by molar-refractivity contribution is -0.222. The average Bonchev–Trinajstić information content (AvgIpc) is 2.49. The van der Waals surface area contributed by atoms with Gasteiger partial charge in [0.25, 0.3) is 11.7 Å². The lowest BCUT2D eigenvalue weighted by Crippen LogP contribution is -2.43. The number of carbonyl (C=O) groups excluding carboxylic acids is 3. The van der Waals surface area contributed by atoms with Crippen LogP contribution in [0.25, 0.3) is 0 Å². The van der Waals surface area contributed by atoms with Crippen LogP contribution in [0.3, 0.4) is 0 Å². The number of fused-ring (bicyclic) bond motifs is 1. The zero-order valence-electron chi connectivity index (χ0n) is 14.6. The number of esters is 2. The maximum atomic E-state index is 12.0. The number of benzene rings is 1. The van der Waals surface area contributed by atoms with E-state index in [0.29, 0.717) is 17.8 Å². The smallest absolute Gasteiger partial charge is 0.350 e. The predicted octanol–water partition coefficient (Wildman–Crippen LogP) is 1.84. The fraction of sp³-hybridized carbons (Fsp3) is 0.389. The van der Waals surface area contributed by atoms with Crippen LogP contribution in [0.5, 0.6) is 0 Å². The molecule has 7 nitrogen and oxygen atoms in total. The Bertz CT molecular complexity index is 786. The van der Waals surface area contributed by atoms with Crippen molar-refractivity contribution in [2.24, 2.45) is 0 Å². The minimum absolute atomic E-state index is 0.110. The van der Waals surface area contributed by atoms with Crippen molar-refractivity contribution in [3.05, 3.63) is 41.1 Å². The maximum absolute atomic E-state index is 12.0. The Hall–Kier alpha value is -2.83. The summed E-state index contributed by atoms with van der Waals surface area (Å²) in [7, 11) is 0. The lowest BCUT2D eigenvalue weighted by Gasteiger charge is -2.32. The molecule has 2 aliphatic heterocycles. The van der Waals surface area contributed by atoms with Crippen molar-refractivity contribution in [1.82, 2.24) is 5.32 Å². The highest BCUT2D eigenvalue weighted by atomic mass is 16.7. The summed E-state index contributed by atoms with van der Waals surface area (Å²) in [5, 5.41) is 5.77. The fourth-order valence-electron chi connectivity index (χ4n) is 2.82. The molecule has 0 unspecified atom stereocenters. The van der Waals surface area contributed by atoms with E-state index in [0.717, 1.165) is 5.56 Å². The highest BCUT2D eigenvalue weighted by molar-refractivity contribution is 6.15. The summed E-state index contributed by atoms with van der Waals surface area (Å²) in [6.45, 7) is 7.58. The molecule has 0 aliphatic carbocycles. The summed E-state index contributed by atoms with van der Waals surface area (Å²) >= 11 is 0. The summed E-state index contributed by atoms with van der Waals surface area (Å²) in [5.74, 6) is -2.87. The number of rotatable bonds is 2. The molecule has 2 N–H and O–H groups in total. The van der Waals surface area contributed by atoms with Gasteiger partial charge in [-0.05, 0) is 23.8 Å². The number of hydrogen-bond donors (Lipinski definition) is 2. The molecule has 0 saturated carbocycles. The second kappa shape index (κ2) is 5.61. The zero-order chi connectivity index (χ0) is 18.4. The molecule has 1 saturated heterocycles. The number of amides is 1. The van der Waals surface area contributed by atoms with E-state index in [2.05, 4.69) is 10.6 Å². The number of nitrogens with one attached hydrogen (secondary N) is 2. The first kappa shape index (κ1) is 17.0. The Labute approximate surface area is 145 Å². The van der Waals surface area contributed by atoms with Crippen molar-refractivity contribution in [2.45, 2.75) is 38.9 Å². The first-order valence-electron chi connectivity index (χ1n) is 7.95. The first-order valence-corrected chi connectivity index (χ1v) is 7.95. The molecule has 0 atom stereocenters. The van der Waals surface area contributed by atoms with Crippen molar-refractivity contribution in [3.8, 4) is 0 Å². The second-order valence-electron chi connectivity index (χ2n) is 7.21. The predicted molar refractivity (Wildman–Crippen MR) is 89.8 cm³/mol. The molecule has 0 aromatic heterocycles. The van der Waals surface area contributed by atoms with E-state index in [1.807, 2.05) is 19.9 Å². The fourth-order valence-corrected chi connectivity index (χ4v) is 2.82. The monoisotopic (exact) mass is 344 g/mol. The van der Waals surface area contributed by atoms with E-state index in [4.69, 9.17) is 9.47 Å². The molecule has 25 heavy (non-hydrogen) atoms. The molecule has 3 rings (SSSR count). The molecule has 1 amide bonds. The van der Waals surface area contributed by atoms with Gasteiger partial charge in [-0.15, -0.1) is 0 Å². The third-order valence-corrected chi connectivity index (χ3v) is 4.18. The third-order valence-electron chi connectivity index (χ3n) is 4.18. The van der Waals surface area contributed by atoms with Crippen LogP contribution in [-0.4, -0.2) is 30.2 Å². The molecule has 1 aromatic rings. The third kappa shape index (κ3) is 3.22. The Morgan fingerprint density at radius 1 is 1.08 bits per heavy atom. The van der Waals surface area contributed by atoms with E-state index in [9.17, 15) is 14.4 Å². The average molecular weight is 344 g/mol. The van der Waals surface area contributed by atoms with Crippen molar-refractivity contribution in [3.63, 3.8) is 0 Å². The Balaban J connectivity index is 1.86. The summed E-state index contributed by atoms with van der Waals surface area (Å²) in [6, 6.07) is 5.27. The molecule has 1 aromatic carbocycles. The Kier molecular flexibility index (Phi) is 3.82. The first-order chi connectivity index (χ1) is 11.6. The lowest BCUT2D eigenvalue weighted by atomic mass is 9.79. The molecular formula is C18H20N2O5. The molecule has 132 valence electrons. The number of ether oxygens (including phenoxy) is 2. The quantitative estimate of drug-likeness (QED) is 0.483. The van der Waals surface area contributed by atoms with Crippen molar-refractivity contribution in [2.75, 3.05) is 11.9 Å². The van der Waals surface area contributed by atoms with E-state index in [1.165, 1.54) is 20.0 Å². The molecular weight excluding hydrogens is 324 g/mol. The molecule has 2 heterocycles. The number of cyclic esters (lactones) is 2. The summed E-state index contributed by atoms with van der Waals surface area (Å²) in [6.07, 6.45) is 1.26. The van der Waals surface area contributed by atoms with Crippen LogP contribution in [0.1, 0.15) is 43.6 Å².